The summed E-state index contributed by atoms with van der Waals surface area (Å²) in [6, 6.07) is 0.825. The highest BCUT2D eigenvalue weighted by atomic mass is 35.5. The lowest BCUT2D eigenvalue weighted by atomic mass is 9.89. The Bertz CT molecular complexity index is 345. The molecule has 1 aliphatic heterocycles. The van der Waals surface area contributed by atoms with Crippen LogP contribution in [0.5, 0.6) is 0 Å². The fourth-order valence-corrected chi connectivity index (χ4v) is 3.47. The van der Waals surface area contributed by atoms with E-state index in [1.54, 1.807) is 5.57 Å². The van der Waals surface area contributed by atoms with Crippen LogP contribution in [0.25, 0.3) is 0 Å². The van der Waals surface area contributed by atoms with Crippen LogP contribution < -0.4 is 0 Å². The molecule has 0 spiro atoms. The predicted molar refractivity (Wildman–Crippen MR) is 95.9 cm³/mol. The Morgan fingerprint density at radius 1 is 1.24 bits per heavy atom. The average molecular weight is 312 g/mol. The summed E-state index contributed by atoms with van der Waals surface area (Å²) >= 11 is 6.01. The van der Waals surface area contributed by atoms with Crippen molar-refractivity contribution >= 4 is 11.6 Å². The lowest BCUT2D eigenvalue weighted by Gasteiger charge is -2.22. The molecule has 1 aliphatic carbocycles. The minimum atomic E-state index is 0.733. The first-order chi connectivity index (χ1) is 10.2. The Morgan fingerprint density at radius 2 is 2.00 bits per heavy atom. The Kier molecular flexibility index (Phi) is 9.35. The standard InChI is InChI=1S/C17H28ClN.C2H6/c1-14(16-8-10-17(18)11-9-16)6-3-4-12-19-13-5-7-15(19)2;1-2/h8,10,14-15H,3-7,9,11-13H2,1-2H3;1-2H3. The first kappa shape index (κ1) is 18.8. The number of halogens is 1. The molecule has 0 aromatic carbocycles. The van der Waals surface area contributed by atoms with Crippen LogP contribution in [-0.2, 0) is 0 Å². The second-order valence-corrected chi connectivity index (χ2v) is 6.76. The number of hydrogen-bond donors (Lipinski definition) is 0. The average Bonchev–Trinajstić information content (AvgIpc) is 2.91. The van der Waals surface area contributed by atoms with Crippen LogP contribution in [0.15, 0.2) is 22.8 Å². The molecule has 0 radical (unpaired) electrons. The van der Waals surface area contributed by atoms with E-state index < -0.39 is 0 Å². The monoisotopic (exact) mass is 311 g/mol. The van der Waals surface area contributed by atoms with Crippen LogP contribution >= 0.6 is 11.6 Å². The van der Waals surface area contributed by atoms with Crippen LogP contribution in [0.2, 0.25) is 0 Å². The van der Waals surface area contributed by atoms with E-state index in [0.717, 1.165) is 23.4 Å². The molecule has 0 bridgehead atoms. The van der Waals surface area contributed by atoms with Crippen LogP contribution in [0.3, 0.4) is 0 Å². The van der Waals surface area contributed by atoms with Crippen LogP contribution in [0, 0.1) is 5.92 Å². The van der Waals surface area contributed by atoms with Gasteiger partial charge in [-0.25, -0.2) is 0 Å². The molecule has 1 nitrogen and oxygen atoms in total. The number of allylic oxidation sites excluding steroid dienone is 4. The van der Waals surface area contributed by atoms with Gasteiger partial charge in [0.15, 0.2) is 0 Å². The zero-order valence-electron chi connectivity index (χ0n) is 14.5. The summed E-state index contributed by atoms with van der Waals surface area (Å²) in [6.07, 6.45) is 13.4. The van der Waals surface area contributed by atoms with Crippen molar-refractivity contribution < 1.29 is 0 Å². The van der Waals surface area contributed by atoms with Gasteiger partial charge in [0.05, 0.1) is 0 Å². The van der Waals surface area contributed by atoms with Gasteiger partial charge in [-0.15, -0.1) is 0 Å². The lowest BCUT2D eigenvalue weighted by molar-refractivity contribution is 0.261. The fourth-order valence-electron chi connectivity index (χ4n) is 3.31. The largest absolute Gasteiger partial charge is 0.301 e. The number of rotatable bonds is 6. The molecule has 0 N–H and O–H groups in total. The summed E-state index contributed by atoms with van der Waals surface area (Å²) in [5, 5.41) is 1.01. The second kappa shape index (κ2) is 10.5. The van der Waals surface area contributed by atoms with Crippen LogP contribution in [0.1, 0.15) is 72.6 Å². The van der Waals surface area contributed by atoms with Gasteiger partial charge in [-0.3, -0.25) is 0 Å². The van der Waals surface area contributed by atoms with Crippen LogP contribution in [0.4, 0.5) is 0 Å². The summed E-state index contributed by atoms with van der Waals surface area (Å²) in [7, 11) is 0. The fraction of sp³-hybridized carbons (Fsp3) is 0.789. The third kappa shape index (κ3) is 6.57. The highest BCUT2D eigenvalue weighted by Gasteiger charge is 2.19. The topological polar surface area (TPSA) is 3.24 Å². The van der Waals surface area contributed by atoms with Crippen molar-refractivity contribution in [2.45, 2.75) is 78.7 Å². The molecule has 2 rings (SSSR count). The van der Waals surface area contributed by atoms with Gasteiger partial charge in [0.25, 0.3) is 0 Å². The molecular weight excluding hydrogens is 278 g/mol. The summed E-state index contributed by atoms with van der Waals surface area (Å²) < 4.78 is 0. The van der Waals surface area contributed by atoms with Gasteiger partial charge in [-0.1, -0.05) is 50.4 Å². The first-order valence-electron chi connectivity index (χ1n) is 8.96. The van der Waals surface area contributed by atoms with Gasteiger partial charge in [-0.05, 0) is 70.5 Å². The summed E-state index contributed by atoms with van der Waals surface area (Å²) in [6.45, 7) is 11.4. The summed E-state index contributed by atoms with van der Waals surface area (Å²) in [4.78, 5) is 2.66. The molecule has 0 amide bonds. The number of hydrogen-bond acceptors (Lipinski definition) is 1. The third-order valence-corrected chi connectivity index (χ3v) is 5.10. The molecule has 2 atom stereocenters. The predicted octanol–water partition coefficient (Wildman–Crippen LogP) is 6.15. The van der Waals surface area contributed by atoms with Crippen molar-refractivity contribution in [1.29, 1.82) is 0 Å². The number of unbranched alkanes of at least 4 members (excludes halogenated alkanes) is 1. The smallest absolute Gasteiger partial charge is 0.0184 e. The van der Waals surface area contributed by atoms with Crippen molar-refractivity contribution in [2.24, 2.45) is 5.92 Å². The molecule has 0 aromatic heterocycles. The van der Waals surface area contributed by atoms with Gasteiger partial charge < -0.3 is 4.90 Å². The Morgan fingerprint density at radius 3 is 2.57 bits per heavy atom. The highest BCUT2D eigenvalue weighted by molar-refractivity contribution is 6.29. The van der Waals surface area contributed by atoms with E-state index >= 15 is 0 Å². The molecule has 2 aliphatic rings. The maximum atomic E-state index is 6.01. The normalized spacial score (nSPS) is 24.0. The van der Waals surface area contributed by atoms with Gasteiger partial charge in [0, 0.05) is 11.1 Å². The van der Waals surface area contributed by atoms with E-state index in [2.05, 4.69) is 30.9 Å². The maximum Gasteiger partial charge on any atom is 0.0184 e. The van der Waals surface area contributed by atoms with Gasteiger partial charge in [-0.2, -0.15) is 0 Å². The van der Waals surface area contributed by atoms with E-state index in [9.17, 15) is 0 Å². The zero-order valence-corrected chi connectivity index (χ0v) is 15.3. The van der Waals surface area contributed by atoms with Crippen LogP contribution in [-0.4, -0.2) is 24.0 Å². The molecule has 122 valence electrons. The summed E-state index contributed by atoms with van der Waals surface area (Å²) in [5.74, 6) is 0.733. The SMILES string of the molecule is CC.CC(CCCCN1CCCC1C)C1=CC=C(Cl)CC1. The third-order valence-electron chi connectivity index (χ3n) is 4.79. The Hall–Kier alpha value is -0.270. The van der Waals surface area contributed by atoms with E-state index in [4.69, 9.17) is 11.6 Å². The van der Waals surface area contributed by atoms with E-state index in [1.807, 2.05) is 13.8 Å². The minimum absolute atomic E-state index is 0.733. The molecule has 1 saturated heterocycles. The molecule has 0 aromatic rings. The molecule has 2 unspecified atom stereocenters. The van der Waals surface area contributed by atoms with Crippen molar-refractivity contribution in [2.75, 3.05) is 13.1 Å². The molecule has 1 fully saturated rings. The molecule has 1 heterocycles. The Labute approximate surface area is 137 Å². The van der Waals surface area contributed by atoms with Gasteiger partial charge in [0.2, 0.25) is 0 Å². The molecule has 0 saturated carbocycles. The van der Waals surface area contributed by atoms with Crippen molar-refractivity contribution in [1.82, 2.24) is 4.90 Å². The maximum absolute atomic E-state index is 6.01. The first-order valence-corrected chi connectivity index (χ1v) is 9.34. The Balaban J connectivity index is 0.00000106. The van der Waals surface area contributed by atoms with Crippen molar-refractivity contribution in [3.63, 3.8) is 0 Å². The molecule has 21 heavy (non-hydrogen) atoms. The highest BCUT2D eigenvalue weighted by Crippen LogP contribution is 2.28. The van der Waals surface area contributed by atoms with Gasteiger partial charge in [0.1, 0.15) is 0 Å². The summed E-state index contributed by atoms with van der Waals surface area (Å²) in [5.41, 5.74) is 1.60. The zero-order chi connectivity index (χ0) is 15.7. The molecular formula is C19H34ClN. The van der Waals surface area contributed by atoms with E-state index in [-0.39, 0.29) is 0 Å². The van der Waals surface area contributed by atoms with Gasteiger partial charge >= 0.3 is 0 Å². The van der Waals surface area contributed by atoms with Crippen molar-refractivity contribution in [3.05, 3.63) is 22.8 Å². The molecule has 2 heteroatoms. The minimum Gasteiger partial charge on any atom is -0.301 e. The lowest BCUT2D eigenvalue weighted by Crippen LogP contribution is -2.27. The van der Waals surface area contributed by atoms with E-state index in [1.165, 1.54) is 51.6 Å². The number of nitrogens with zero attached hydrogens (tertiary/aromatic N) is 1. The second-order valence-electron chi connectivity index (χ2n) is 6.28. The quantitative estimate of drug-likeness (QED) is 0.532. The van der Waals surface area contributed by atoms with E-state index in [0.29, 0.717) is 0 Å². The number of likely N-dealkylation sites (tertiary alicyclic amines) is 1. The van der Waals surface area contributed by atoms with Crippen molar-refractivity contribution in [3.8, 4) is 0 Å².